The van der Waals surface area contributed by atoms with Crippen LogP contribution in [0.15, 0.2) is 12.3 Å². The van der Waals surface area contributed by atoms with E-state index in [1.54, 1.807) is 6.20 Å². The summed E-state index contributed by atoms with van der Waals surface area (Å²) in [5, 5.41) is 10.6. The van der Waals surface area contributed by atoms with Crippen LogP contribution in [0.2, 0.25) is 0 Å². The summed E-state index contributed by atoms with van der Waals surface area (Å²) in [5.74, 6) is 0. The van der Waals surface area contributed by atoms with E-state index in [0.29, 0.717) is 18.1 Å². The Morgan fingerprint density at radius 2 is 2.20 bits per heavy atom. The molecule has 1 aromatic heterocycles. The number of nitrogens with zero attached hydrogens (tertiary/aromatic N) is 1. The first-order valence-corrected chi connectivity index (χ1v) is 5.76. The maximum absolute atomic E-state index is 5.88. The molecule has 1 aliphatic carbocycles. The molecule has 1 saturated carbocycles. The van der Waals surface area contributed by atoms with E-state index in [9.17, 15) is 0 Å². The van der Waals surface area contributed by atoms with Gasteiger partial charge in [0.25, 0.3) is 0 Å². The van der Waals surface area contributed by atoms with Crippen LogP contribution < -0.4 is 11.1 Å². The molecule has 0 radical (unpaired) electrons. The molecule has 2 rings (SSSR count). The predicted molar refractivity (Wildman–Crippen MR) is 60.4 cm³/mol. The molecule has 4 nitrogen and oxygen atoms in total. The maximum atomic E-state index is 5.88. The van der Waals surface area contributed by atoms with Crippen molar-refractivity contribution in [3.63, 3.8) is 0 Å². The molecule has 0 spiro atoms. The maximum Gasteiger partial charge on any atom is 0.0518 e. The topological polar surface area (TPSA) is 66.7 Å². The van der Waals surface area contributed by atoms with Crippen LogP contribution in [0.25, 0.3) is 0 Å². The van der Waals surface area contributed by atoms with Gasteiger partial charge in [-0.05, 0) is 38.7 Å². The molecule has 1 heterocycles. The average molecular weight is 208 g/mol. The number of hydrogen-bond donors (Lipinski definition) is 3. The smallest absolute Gasteiger partial charge is 0.0518 e. The molecule has 1 atom stereocenters. The minimum absolute atomic E-state index is 0.354. The largest absolute Gasteiger partial charge is 0.328 e. The summed E-state index contributed by atoms with van der Waals surface area (Å²) in [4.78, 5) is 0. The number of aromatic amines is 1. The van der Waals surface area contributed by atoms with E-state index in [4.69, 9.17) is 5.73 Å². The summed E-state index contributed by atoms with van der Waals surface area (Å²) in [5.41, 5.74) is 7.04. The van der Waals surface area contributed by atoms with E-state index in [-0.39, 0.29) is 0 Å². The lowest BCUT2D eigenvalue weighted by molar-refractivity contribution is 0.320. The lowest BCUT2D eigenvalue weighted by atomic mass is 9.91. The van der Waals surface area contributed by atoms with Crippen molar-refractivity contribution < 1.29 is 0 Å². The highest BCUT2D eigenvalue weighted by atomic mass is 15.1. The molecule has 4 N–H and O–H groups in total. The van der Waals surface area contributed by atoms with Gasteiger partial charge in [-0.3, -0.25) is 5.10 Å². The summed E-state index contributed by atoms with van der Waals surface area (Å²) in [6.07, 6.45) is 6.48. The zero-order valence-electron chi connectivity index (χ0n) is 9.24. The second-order valence-corrected chi connectivity index (χ2v) is 4.51. The summed E-state index contributed by atoms with van der Waals surface area (Å²) in [6, 6.07) is 3.41. The van der Waals surface area contributed by atoms with Gasteiger partial charge in [0, 0.05) is 24.3 Å². The zero-order valence-corrected chi connectivity index (χ0v) is 9.24. The Bertz CT molecular complexity index is 275. The van der Waals surface area contributed by atoms with Gasteiger partial charge in [-0.1, -0.05) is 0 Å². The number of nitrogens with one attached hydrogen (secondary N) is 2. The highest BCUT2D eigenvalue weighted by Crippen LogP contribution is 2.20. The molecule has 1 aliphatic rings. The van der Waals surface area contributed by atoms with Gasteiger partial charge in [-0.25, -0.2) is 0 Å². The molecule has 0 amide bonds. The molecule has 0 aliphatic heterocycles. The van der Waals surface area contributed by atoms with Gasteiger partial charge >= 0.3 is 0 Å². The first-order chi connectivity index (χ1) is 7.25. The molecule has 1 aromatic rings. The Labute approximate surface area is 90.6 Å². The Balaban J connectivity index is 1.82. The lowest BCUT2D eigenvalue weighted by Gasteiger charge is -2.29. The third-order valence-electron chi connectivity index (χ3n) is 3.25. The molecule has 84 valence electrons. The standard InChI is InChI=1S/C11H20N4/c1-8(11-6-7-13-15-11)14-10-4-2-9(12)3-5-10/h6-10,14H,2-5,12H2,1H3,(H,13,15). The van der Waals surface area contributed by atoms with E-state index < -0.39 is 0 Å². The fourth-order valence-corrected chi connectivity index (χ4v) is 2.24. The highest BCUT2D eigenvalue weighted by molar-refractivity contribution is 5.03. The first kappa shape index (κ1) is 10.6. The Morgan fingerprint density at radius 3 is 2.80 bits per heavy atom. The van der Waals surface area contributed by atoms with Gasteiger partial charge in [0.2, 0.25) is 0 Å². The number of aromatic nitrogens is 2. The van der Waals surface area contributed by atoms with Gasteiger partial charge in [-0.2, -0.15) is 5.10 Å². The minimum Gasteiger partial charge on any atom is -0.328 e. The van der Waals surface area contributed by atoms with Crippen molar-refractivity contribution in [2.45, 2.75) is 50.7 Å². The fraction of sp³-hybridized carbons (Fsp3) is 0.727. The number of H-pyrrole nitrogens is 1. The van der Waals surface area contributed by atoms with Crippen molar-refractivity contribution in [3.05, 3.63) is 18.0 Å². The third-order valence-corrected chi connectivity index (χ3v) is 3.25. The molecular formula is C11H20N4. The van der Waals surface area contributed by atoms with Gasteiger partial charge in [0.05, 0.1) is 5.69 Å². The summed E-state index contributed by atoms with van der Waals surface area (Å²) in [7, 11) is 0. The summed E-state index contributed by atoms with van der Waals surface area (Å²) in [6.45, 7) is 2.17. The van der Waals surface area contributed by atoms with Crippen LogP contribution in [0.1, 0.15) is 44.3 Å². The molecule has 1 fully saturated rings. The van der Waals surface area contributed by atoms with Crippen molar-refractivity contribution in [1.29, 1.82) is 0 Å². The van der Waals surface area contributed by atoms with E-state index >= 15 is 0 Å². The normalized spacial score (nSPS) is 28.9. The Morgan fingerprint density at radius 1 is 1.47 bits per heavy atom. The van der Waals surface area contributed by atoms with Crippen molar-refractivity contribution in [3.8, 4) is 0 Å². The van der Waals surface area contributed by atoms with Gasteiger partial charge in [0.15, 0.2) is 0 Å². The van der Waals surface area contributed by atoms with E-state index in [1.807, 2.05) is 6.07 Å². The summed E-state index contributed by atoms with van der Waals surface area (Å²) < 4.78 is 0. The van der Waals surface area contributed by atoms with Crippen molar-refractivity contribution >= 4 is 0 Å². The second-order valence-electron chi connectivity index (χ2n) is 4.51. The quantitative estimate of drug-likeness (QED) is 0.702. The third kappa shape index (κ3) is 2.79. The minimum atomic E-state index is 0.354. The molecule has 0 aromatic carbocycles. The number of rotatable bonds is 3. The van der Waals surface area contributed by atoms with Crippen LogP contribution in [0.5, 0.6) is 0 Å². The van der Waals surface area contributed by atoms with Gasteiger partial charge < -0.3 is 11.1 Å². The molecule has 4 heteroatoms. The molecule has 0 bridgehead atoms. The first-order valence-electron chi connectivity index (χ1n) is 5.76. The van der Waals surface area contributed by atoms with Gasteiger partial charge in [0.1, 0.15) is 0 Å². The molecular weight excluding hydrogens is 188 g/mol. The monoisotopic (exact) mass is 208 g/mol. The van der Waals surface area contributed by atoms with Crippen LogP contribution in [0.4, 0.5) is 0 Å². The zero-order chi connectivity index (χ0) is 10.7. The van der Waals surface area contributed by atoms with Crippen molar-refractivity contribution in [1.82, 2.24) is 15.5 Å². The van der Waals surface area contributed by atoms with E-state index in [1.165, 1.54) is 12.8 Å². The number of nitrogens with two attached hydrogens (primary N) is 1. The SMILES string of the molecule is CC(NC1CCC(N)CC1)c1ccn[nH]1. The average Bonchev–Trinajstić information content (AvgIpc) is 2.74. The number of hydrogen-bond acceptors (Lipinski definition) is 3. The van der Waals surface area contributed by atoms with Gasteiger partial charge in [-0.15, -0.1) is 0 Å². The van der Waals surface area contributed by atoms with Crippen molar-refractivity contribution in [2.75, 3.05) is 0 Å². The molecule has 0 saturated heterocycles. The van der Waals surface area contributed by atoms with Crippen LogP contribution in [-0.4, -0.2) is 22.3 Å². The van der Waals surface area contributed by atoms with Crippen molar-refractivity contribution in [2.24, 2.45) is 5.73 Å². The summed E-state index contributed by atoms with van der Waals surface area (Å²) >= 11 is 0. The van der Waals surface area contributed by atoms with Crippen LogP contribution in [0.3, 0.4) is 0 Å². The Hall–Kier alpha value is -0.870. The molecule has 15 heavy (non-hydrogen) atoms. The lowest BCUT2D eigenvalue weighted by Crippen LogP contribution is -2.38. The molecule has 1 unspecified atom stereocenters. The van der Waals surface area contributed by atoms with Crippen LogP contribution >= 0.6 is 0 Å². The highest BCUT2D eigenvalue weighted by Gasteiger charge is 2.20. The van der Waals surface area contributed by atoms with E-state index in [0.717, 1.165) is 18.5 Å². The van der Waals surface area contributed by atoms with Crippen LogP contribution in [0, 0.1) is 0 Å². The fourth-order valence-electron chi connectivity index (χ4n) is 2.24. The second kappa shape index (κ2) is 4.77. The Kier molecular flexibility index (Phi) is 3.38. The van der Waals surface area contributed by atoms with Crippen LogP contribution in [-0.2, 0) is 0 Å². The van der Waals surface area contributed by atoms with E-state index in [2.05, 4.69) is 22.4 Å². The predicted octanol–water partition coefficient (Wildman–Crippen LogP) is 1.33.